The number of sulfone groups is 1. The van der Waals surface area contributed by atoms with E-state index in [4.69, 9.17) is 4.74 Å². The van der Waals surface area contributed by atoms with Gasteiger partial charge in [0.25, 0.3) is 0 Å². The maximum Gasteiger partial charge on any atom is 0.422 e. The molecular weight excluding hydrogens is 414 g/mol. The molecule has 10 heteroatoms. The summed E-state index contributed by atoms with van der Waals surface area (Å²) < 4.78 is 87.1. The van der Waals surface area contributed by atoms with Crippen LogP contribution < -0.4 is 14.8 Å². The molecule has 2 aliphatic heterocycles. The van der Waals surface area contributed by atoms with Crippen molar-refractivity contribution in [2.45, 2.75) is 34.4 Å². The predicted molar refractivity (Wildman–Crippen MR) is 94.5 cm³/mol. The standard InChI is InChI=1S/C19H17F4NO4S/c20-11-5-12(27-10-19(21,22)23)7-14(6-11)29(25,26)13-1-2-15-16-3-4-24-9-18(16)28-17(15)8-13/h1-2,5-8,16,18,24H,3-4,9-10H2. The molecule has 1 fully saturated rings. The van der Waals surface area contributed by atoms with Gasteiger partial charge in [0.2, 0.25) is 9.84 Å². The number of hydrogen-bond acceptors (Lipinski definition) is 5. The summed E-state index contributed by atoms with van der Waals surface area (Å²) in [6.07, 6.45) is -3.84. The fraction of sp³-hybridized carbons (Fsp3) is 0.368. The van der Waals surface area contributed by atoms with E-state index in [0.29, 0.717) is 18.4 Å². The molecule has 2 unspecified atom stereocenters. The Hall–Kier alpha value is -2.33. The summed E-state index contributed by atoms with van der Waals surface area (Å²) in [5.41, 5.74) is 0.920. The highest BCUT2D eigenvalue weighted by Crippen LogP contribution is 2.43. The molecule has 1 saturated heterocycles. The van der Waals surface area contributed by atoms with Crippen LogP contribution in [0.4, 0.5) is 17.6 Å². The van der Waals surface area contributed by atoms with Crippen LogP contribution in [0.2, 0.25) is 0 Å². The van der Waals surface area contributed by atoms with Gasteiger partial charge in [0.05, 0.1) is 9.79 Å². The van der Waals surface area contributed by atoms with Gasteiger partial charge < -0.3 is 14.8 Å². The fourth-order valence-electron chi connectivity index (χ4n) is 3.64. The zero-order valence-corrected chi connectivity index (χ0v) is 15.8. The van der Waals surface area contributed by atoms with Crippen LogP contribution in [-0.4, -0.2) is 40.4 Å². The van der Waals surface area contributed by atoms with E-state index in [1.807, 2.05) is 0 Å². The van der Waals surface area contributed by atoms with Crippen LogP contribution in [0, 0.1) is 5.82 Å². The number of rotatable bonds is 4. The lowest BCUT2D eigenvalue weighted by Gasteiger charge is -2.24. The quantitative estimate of drug-likeness (QED) is 0.752. The van der Waals surface area contributed by atoms with Gasteiger partial charge in [0.1, 0.15) is 23.4 Å². The minimum atomic E-state index is -4.63. The third kappa shape index (κ3) is 4.04. The predicted octanol–water partition coefficient (Wildman–Crippen LogP) is 3.44. The molecule has 2 aliphatic rings. The second kappa shape index (κ2) is 7.17. The monoisotopic (exact) mass is 431 g/mol. The number of hydrogen-bond donors (Lipinski definition) is 1. The Morgan fingerprint density at radius 3 is 2.69 bits per heavy atom. The lowest BCUT2D eigenvalue weighted by atomic mass is 9.90. The molecule has 2 heterocycles. The first-order valence-electron chi connectivity index (χ1n) is 8.90. The van der Waals surface area contributed by atoms with E-state index in [0.717, 1.165) is 30.7 Å². The molecule has 5 nitrogen and oxygen atoms in total. The van der Waals surface area contributed by atoms with Crippen LogP contribution in [0.15, 0.2) is 46.2 Å². The van der Waals surface area contributed by atoms with Crippen molar-refractivity contribution in [3.05, 3.63) is 47.8 Å². The third-order valence-corrected chi connectivity index (χ3v) is 6.69. The highest BCUT2D eigenvalue weighted by Gasteiger charge is 2.37. The Balaban J connectivity index is 1.65. The summed E-state index contributed by atoms with van der Waals surface area (Å²) in [6, 6.07) is 6.79. The van der Waals surface area contributed by atoms with Gasteiger partial charge in [-0.05, 0) is 37.2 Å². The van der Waals surface area contributed by atoms with Crippen molar-refractivity contribution >= 4 is 9.84 Å². The smallest absolute Gasteiger partial charge is 0.422 e. The Bertz CT molecular complexity index is 1040. The third-order valence-electron chi connectivity index (χ3n) is 4.96. The molecule has 0 aromatic heterocycles. The minimum Gasteiger partial charge on any atom is -0.488 e. The summed E-state index contributed by atoms with van der Waals surface area (Å²) >= 11 is 0. The Labute approximate surface area is 164 Å². The van der Waals surface area contributed by atoms with Gasteiger partial charge in [-0.1, -0.05) is 6.07 Å². The molecule has 0 spiro atoms. The van der Waals surface area contributed by atoms with Crippen molar-refractivity contribution in [3.63, 3.8) is 0 Å². The number of alkyl halides is 3. The molecule has 29 heavy (non-hydrogen) atoms. The van der Waals surface area contributed by atoms with E-state index in [1.54, 1.807) is 6.07 Å². The molecule has 4 rings (SSSR count). The van der Waals surface area contributed by atoms with E-state index < -0.39 is 39.1 Å². The van der Waals surface area contributed by atoms with E-state index in [2.05, 4.69) is 10.1 Å². The summed E-state index contributed by atoms with van der Waals surface area (Å²) in [7, 11) is -4.19. The van der Waals surface area contributed by atoms with Crippen molar-refractivity contribution in [1.82, 2.24) is 5.32 Å². The largest absolute Gasteiger partial charge is 0.488 e. The molecule has 2 aromatic carbocycles. The van der Waals surface area contributed by atoms with Crippen molar-refractivity contribution in [1.29, 1.82) is 0 Å². The van der Waals surface area contributed by atoms with Crippen molar-refractivity contribution in [2.75, 3.05) is 19.7 Å². The van der Waals surface area contributed by atoms with Crippen molar-refractivity contribution < 1.29 is 35.5 Å². The summed E-state index contributed by atoms with van der Waals surface area (Å²) in [5.74, 6) is -0.901. The zero-order valence-electron chi connectivity index (χ0n) is 15.0. The lowest BCUT2D eigenvalue weighted by molar-refractivity contribution is -0.153. The van der Waals surface area contributed by atoms with Crippen LogP contribution in [-0.2, 0) is 9.84 Å². The minimum absolute atomic E-state index is 0.0757. The first kappa shape index (κ1) is 20.0. The number of nitrogens with one attached hydrogen (secondary N) is 1. The van der Waals surface area contributed by atoms with Crippen LogP contribution in [0.25, 0.3) is 0 Å². The molecule has 0 aliphatic carbocycles. The molecule has 156 valence electrons. The molecule has 2 atom stereocenters. The average molecular weight is 431 g/mol. The van der Waals surface area contributed by atoms with Gasteiger partial charge in [-0.15, -0.1) is 0 Å². The molecule has 2 aromatic rings. The second-order valence-electron chi connectivity index (χ2n) is 6.99. The fourth-order valence-corrected chi connectivity index (χ4v) is 4.96. The van der Waals surface area contributed by atoms with E-state index >= 15 is 0 Å². The molecule has 0 saturated carbocycles. The summed E-state index contributed by atoms with van der Waals surface area (Å²) in [4.78, 5) is -0.623. The maximum absolute atomic E-state index is 13.9. The van der Waals surface area contributed by atoms with Gasteiger partial charge in [0.15, 0.2) is 6.61 Å². The van der Waals surface area contributed by atoms with E-state index in [9.17, 15) is 26.0 Å². The van der Waals surface area contributed by atoms with Gasteiger partial charge in [-0.3, -0.25) is 0 Å². The summed E-state index contributed by atoms with van der Waals surface area (Å²) in [5, 5.41) is 3.22. The molecule has 0 bridgehead atoms. The van der Waals surface area contributed by atoms with Gasteiger partial charge in [0, 0.05) is 24.1 Å². The van der Waals surface area contributed by atoms with Gasteiger partial charge in [-0.25, -0.2) is 12.8 Å². The molecule has 0 radical (unpaired) electrons. The lowest BCUT2D eigenvalue weighted by Crippen LogP contribution is -2.39. The highest BCUT2D eigenvalue weighted by molar-refractivity contribution is 7.91. The number of benzene rings is 2. The Morgan fingerprint density at radius 2 is 1.93 bits per heavy atom. The first-order valence-corrected chi connectivity index (χ1v) is 10.4. The Kier molecular flexibility index (Phi) is 4.94. The van der Waals surface area contributed by atoms with Crippen molar-refractivity contribution in [3.8, 4) is 11.5 Å². The van der Waals surface area contributed by atoms with Crippen LogP contribution in [0.1, 0.15) is 17.9 Å². The van der Waals surface area contributed by atoms with Crippen molar-refractivity contribution in [2.24, 2.45) is 0 Å². The number of piperidine rings is 1. The van der Waals surface area contributed by atoms with Crippen LogP contribution >= 0.6 is 0 Å². The zero-order chi connectivity index (χ0) is 20.8. The molecule has 0 amide bonds. The Morgan fingerprint density at radius 1 is 1.14 bits per heavy atom. The number of halogens is 4. The molecular formula is C19H17F4NO4S. The number of ether oxygens (including phenoxy) is 2. The normalized spacial score (nSPS) is 21.2. The second-order valence-corrected chi connectivity index (χ2v) is 8.93. The SMILES string of the molecule is O=S(=O)(c1cc(F)cc(OCC(F)(F)F)c1)c1ccc2c(c1)OC1CNCCC21. The first-order chi connectivity index (χ1) is 13.6. The van der Waals surface area contributed by atoms with Gasteiger partial charge >= 0.3 is 6.18 Å². The van der Waals surface area contributed by atoms with Crippen LogP contribution in [0.5, 0.6) is 11.5 Å². The van der Waals surface area contributed by atoms with E-state index in [1.165, 1.54) is 12.1 Å². The van der Waals surface area contributed by atoms with Gasteiger partial charge in [-0.2, -0.15) is 13.2 Å². The average Bonchev–Trinajstić information content (AvgIpc) is 3.03. The summed E-state index contributed by atoms with van der Waals surface area (Å²) in [6.45, 7) is -0.154. The maximum atomic E-state index is 13.9. The number of fused-ring (bicyclic) bond motifs is 3. The topological polar surface area (TPSA) is 64.6 Å². The van der Waals surface area contributed by atoms with E-state index in [-0.39, 0.29) is 16.9 Å². The van der Waals surface area contributed by atoms with Crippen LogP contribution in [0.3, 0.4) is 0 Å². The highest BCUT2D eigenvalue weighted by atomic mass is 32.2. The molecule has 1 N–H and O–H groups in total.